The Labute approximate surface area is 213 Å². The molecule has 34 heavy (non-hydrogen) atoms. The first-order chi connectivity index (χ1) is 16.4. The summed E-state index contributed by atoms with van der Waals surface area (Å²) in [6.07, 6.45) is 0. The molecule has 6 nitrogen and oxygen atoms in total. The summed E-state index contributed by atoms with van der Waals surface area (Å²) in [5, 5.41) is 12.1. The molecule has 1 aromatic heterocycles. The van der Waals surface area contributed by atoms with Crippen molar-refractivity contribution in [1.82, 2.24) is 9.47 Å². The van der Waals surface area contributed by atoms with Gasteiger partial charge >= 0.3 is 5.97 Å². The van der Waals surface area contributed by atoms with Crippen LogP contribution in [0.4, 0.5) is 0 Å². The molecule has 3 aromatic rings. The Morgan fingerprint density at radius 2 is 1.97 bits per heavy atom. The van der Waals surface area contributed by atoms with E-state index in [4.69, 9.17) is 9.47 Å². The maximum Gasteiger partial charge on any atom is 0.340 e. The first-order valence-electron chi connectivity index (χ1n) is 11.6. The molecule has 1 aliphatic rings. The van der Waals surface area contributed by atoms with Crippen LogP contribution in [0.15, 0.2) is 40.9 Å². The van der Waals surface area contributed by atoms with Crippen LogP contribution in [0.1, 0.15) is 46.3 Å². The third kappa shape index (κ3) is 5.15. The van der Waals surface area contributed by atoms with Gasteiger partial charge in [0.05, 0.1) is 35.4 Å². The summed E-state index contributed by atoms with van der Waals surface area (Å²) in [6.45, 7) is 7.72. The minimum absolute atomic E-state index is 0.173. The minimum Gasteiger partial charge on any atom is -0.506 e. The molecule has 1 fully saturated rings. The molecule has 1 aliphatic heterocycles. The molecule has 0 bridgehead atoms. The van der Waals surface area contributed by atoms with Crippen molar-refractivity contribution in [2.24, 2.45) is 7.05 Å². The van der Waals surface area contributed by atoms with Crippen molar-refractivity contribution in [2.75, 3.05) is 32.9 Å². The van der Waals surface area contributed by atoms with E-state index in [2.05, 4.69) is 44.5 Å². The number of hydrogen-bond donors (Lipinski definition) is 1. The number of aromatic nitrogens is 1. The van der Waals surface area contributed by atoms with Crippen molar-refractivity contribution in [3.63, 3.8) is 0 Å². The summed E-state index contributed by atoms with van der Waals surface area (Å²) in [6, 6.07) is 12.3. The molecule has 0 saturated carbocycles. The van der Waals surface area contributed by atoms with Crippen molar-refractivity contribution < 1.29 is 19.4 Å². The van der Waals surface area contributed by atoms with Gasteiger partial charge in [-0.25, -0.2) is 4.79 Å². The number of thioether (sulfide) groups is 1. The second kappa shape index (κ2) is 11.2. The van der Waals surface area contributed by atoms with Crippen molar-refractivity contribution in [1.29, 1.82) is 0 Å². The Morgan fingerprint density at radius 1 is 1.26 bits per heavy atom. The second-order valence-corrected chi connectivity index (χ2v) is 10.6. The smallest absolute Gasteiger partial charge is 0.340 e. The highest BCUT2D eigenvalue weighted by Gasteiger charge is 2.28. The third-order valence-corrected chi connectivity index (χ3v) is 8.16. The lowest BCUT2D eigenvalue weighted by molar-refractivity contribution is 0.0340. The van der Waals surface area contributed by atoms with Crippen LogP contribution in [-0.2, 0) is 28.8 Å². The van der Waals surface area contributed by atoms with E-state index in [9.17, 15) is 9.90 Å². The molecule has 1 unspecified atom stereocenters. The largest absolute Gasteiger partial charge is 0.506 e. The van der Waals surface area contributed by atoms with Gasteiger partial charge in [0.25, 0.3) is 0 Å². The van der Waals surface area contributed by atoms with Gasteiger partial charge in [-0.05, 0) is 41.4 Å². The summed E-state index contributed by atoms with van der Waals surface area (Å²) >= 11 is 5.31. The van der Waals surface area contributed by atoms with E-state index in [1.165, 1.54) is 5.56 Å². The van der Waals surface area contributed by atoms with Gasteiger partial charge in [-0.15, -0.1) is 11.8 Å². The Balaban J connectivity index is 1.79. The molecule has 182 valence electrons. The van der Waals surface area contributed by atoms with E-state index in [-0.39, 0.29) is 17.0 Å². The molecule has 1 N–H and O–H groups in total. The number of phenols is 1. The second-order valence-electron chi connectivity index (χ2n) is 8.43. The standard InChI is InChI=1S/C26H31BrN2O4S/c1-4-33-26(31)24-22(16-34-17(2)18-8-6-5-7-9-18)28(3)21-14-20(27)25(30)19(23(21)24)15-29-10-12-32-13-11-29/h5-9,14,17,30H,4,10-13,15-16H2,1-3H3. The quantitative estimate of drug-likeness (QED) is 0.368. The molecule has 0 spiro atoms. The van der Waals surface area contributed by atoms with Gasteiger partial charge in [0.15, 0.2) is 0 Å². The summed E-state index contributed by atoms with van der Waals surface area (Å²) < 4.78 is 13.7. The molecule has 8 heteroatoms. The number of nitrogens with zero attached hydrogens (tertiary/aromatic N) is 2. The number of aromatic hydroxyl groups is 1. The molecular weight excluding hydrogens is 516 g/mol. The fraction of sp³-hybridized carbons (Fsp3) is 0.423. The van der Waals surface area contributed by atoms with Gasteiger partial charge in [-0.3, -0.25) is 4.90 Å². The number of aryl methyl sites for hydroxylation is 1. The van der Waals surface area contributed by atoms with Crippen LogP contribution in [0.3, 0.4) is 0 Å². The summed E-state index contributed by atoms with van der Waals surface area (Å²) in [5.74, 6) is 0.470. The van der Waals surface area contributed by atoms with Crippen molar-refractivity contribution in [3.05, 3.63) is 63.3 Å². The monoisotopic (exact) mass is 546 g/mol. The van der Waals surface area contributed by atoms with E-state index in [1.807, 2.05) is 38.2 Å². The van der Waals surface area contributed by atoms with Crippen LogP contribution in [0.25, 0.3) is 10.9 Å². The molecule has 0 amide bonds. The SMILES string of the molecule is CCOC(=O)c1c(CSC(C)c2ccccc2)n(C)c2cc(Br)c(O)c(CN3CCOCC3)c12. The number of phenolic OH excluding ortho intramolecular Hbond substituents is 1. The van der Waals surface area contributed by atoms with Crippen LogP contribution in [-0.4, -0.2) is 53.5 Å². The van der Waals surface area contributed by atoms with Crippen molar-refractivity contribution in [2.45, 2.75) is 31.4 Å². The molecule has 2 heterocycles. The number of benzene rings is 2. The fourth-order valence-corrected chi connectivity index (χ4v) is 5.98. The summed E-state index contributed by atoms with van der Waals surface area (Å²) in [7, 11) is 1.98. The molecule has 0 aliphatic carbocycles. The van der Waals surface area contributed by atoms with Gasteiger partial charge in [0.2, 0.25) is 0 Å². The van der Waals surface area contributed by atoms with Crippen molar-refractivity contribution >= 4 is 44.6 Å². The van der Waals surface area contributed by atoms with Crippen LogP contribution in [0, 0.1) is 0 Å². The zero-order valence-electron chi connectivity index (χ0n) is 19.8. The van der Waals surface area contributed by atoms with E-state index >= 15 is 0 Å². The van der Waals surface area contributed by atoms with Crippen LogP contribution in [0.5, 0.6) is 5.75 Å². The van der Waals surface area contributed by atoms with Crippen LogP contribution < -0.4 is 0 Å². The molecule has 0 radical (unpaired) electrons. The average Bonchev–Trinajstić information content (AvgIpc) is 3.13. The number of halogens is 1. The Morgan fingerprint density at radius 3 is 2.65 bits per heavy atom. The summed E-state index contributed by atoms with van der Waals surface area (Å²) in [4.78, 5) is 15.5. The highest BCUT2D eigenvalue weighted by Crippen LogP contribution is 2.42. The Kier molecular flexibility index (Phi) is 8.24. The molecular formula is C26H31BrN2O4S. The lowest BCUT2D eigenvalue weighted by Gasteiger charge is -2.27. The Hall–Kier alpha value is -2.00. The zero-order chi connectivity index (χ0) is 24.2. The molecule has 1 atom stereocenters. The first kappa shape index (κ1) is 25.1. The van der Waals surface area contributed by atoms with E-state index in [1.54, 1.807) is 11.8 Å². The maximum atomic E-state index is 13.3. The predicted octanol–water partition coefficient (Wildman–Crippen LogP) is 5.65. The highest BCUT2D eigenvalue weighted by molar-refractivity contribution is 9.10. The number of esters is 1. The third-order valence-electron chi connectivity index (χ3n) is 6.34. The van der Waals surface area contributed by atoms with E-state index in [0.29, 0.717) is 42.2 Å². The van der Waals surface area contributed by atoms with Crippen LogP contribution in [0.2, 0.25) is 0 Å². The Bertz CT molecular complexity index is 1160. The van der Waals surface area contributed by atoms with Crippen molar-refractivity contribution in [3.8, 4) is 5.75 Å². The lowest BCUT2D eigenvalue weighted by atomic mass is 10.0. The normalized spacial score (nSPS) is 15.5. The molecule has 4 rings (SSSR count). The highest BCUT2D eigenvalue weighted by atomic mass is 79.9. The minimum atomic E-state index is -0.346. The van der Waals surface area contributed by atoms with Crippen LogP contribution >= 0.6 is 27.7 Å². The predicted molar refractivity (Wildman–Crippen MR) is 140 cm³/mol. The zero-order valence-corrected chi connectivity index (χ0v) is 22.2. The van der Waals surface area contributed by atoms with Gasteiger partial charge in [0.1, 0.15) is 5.75 Å². The maximum absolute atomic E-state index is 13.3. The molecule has 2 aromatic carbocycles. The van der Waals surface area contributed by atoms with Gasteiger partial charge in [-0.2, -0.15) is 0 Å². The van der Waals surface area contributed by atoms with Gasteiger partial charge < -0.3 is 19.1 Å². The number of hydrogen-bond acceptors (Lipinski definition) is 6. The number of morpholine rings is 1. The number of carbonyl (C=O) groups excluding carboxylic acids is 1. The fourth-order valence-electron chi connectivity index (χ4n) is 4.43. The average molecular weight is 548 g/mol. The van der Waals surface area contributed by atoms with Gasteiger partial charge in [-0.1, -0.05) is 30.3 Å². The van der Waals surface area contributed by atoms with E-state index in [0.717, 1.165) is 35.2 Å². The molecule has 1 saturated heterocycles. The lowest BCUT2D eigenvalue weighted by Crippen LogP contribution is -2.35. The number of fused-ring (bicyclic) bond motifs is 1. The topological polar surface area (TPSA) is 63.9 Å². The van der Waals surface area contributed by atoms with E-state index < -0.39 is 0 Å². The van der Waals surface area contributed by atoms with Gasteiger partial charge in [0, 0.05) is 54.3 Å². The number of rotatable bonds is 8. The number of carbonyl (C=O) groups is 1. The summed E-state index contributed by atoms with van der Waals surface area (Å²) in [5.41, 5.74) is 4.36. The number of ether oxygens (including phenoxy) is 2. The first-order valence-corrected chi connectivity index (χ1v) is 13.4.